The SMILES string of the molecule is CCc1ccc(CC)c(C(=O)COC(=O)Cc2coc3ccc4ccccc4c23)c1. The number of hydrogen-bond donors (Lipinski definition) is 0. The number of carbonyl (C=O) groups is 2. The number of ketones is 1. The van der Waals surface area contributed by atoms with E-state index < -0.39 is 5.97 Å². The first-order valence-electron chi connectivity index (χ1n) is 10.3. The third-order valence-electron chi connectivity index (χ3n) is 5.50. The van der Waals surface area contributed by atoms with Crippen molar-refractivity contribution in [2.75, 3.05) is 6.61 Å². The Morgan fingerprint density at radius 1 is 0.933 bits per heavy atom. The Hall–Kier alpha value is -3.40. The first-order valence-corrected chi connectivity index (χ1v) is 10.3. The number of furan rings is 1. The lowest BCUT2D eigenvalue weighted by atomic mass is 9.98. The molecule has 1 aromatic heterocycles. The fourth-order valence-corrected chi connectivity index (χ4v) is 3.85. The molecule has 0 fully saturated rings. The van der Waals surface area contributed by atoms with Gasteiger partial charge < -0.3 is 9.15 Å². The van der Waals surface area contributed by atoms with Crippen LogP contribution in [0.25, 0.3) is 21.7 Å². The maximum absolute atomic E-state index is 12.7. The Morgan fingerprint density at radius 3 is 2.57 bits per heavy atom. The van der Waals surface area contributed by atoms with Crippen LogP contribution in [0.15, 0.2) is 65.3 Å². The van der Waals surface area contributed by atoms with Crippen LogP contribution in [-0.2, 0) is 28.8 Å². The molecule has 4 nitrogen and oxygen atoms in total. The van der Waals surface area contributed by atoms with Crippen LogP contribution in [0.5, 0.6) is 0 Å². The Kier molecular flexibility index (Phi) is 5.66. The van der Waals surface area contributed by atoms with E-state index in [0.717, 1.165) is 51.3 Å². The molecule has 0 unspecified atom stereocenters. The Labute approximate surface area is 175 Å². The summed E-state index contributed by atoms with van der Waals surface area (Å²) in [6, 6.07) is 17.8. The number of aryl methyl sites for hydroxylation is 2. The third-order valence-corrected chi connectivity index (χ3v) is 5.50. The van der Waals surface area contributed by atoms with Crippen molar-refractivity contribution < 1.29 is 18.7 Å². The van der Waals surface area contributed by atoms with Gasteiger partial charge in [0.2, 0.25) is 5.78 Å². The number of Topliss-reactive ketones (excluding diaryl/α,β-unsaturated/α-hetero) is 1. The Morgan fingerprint density at radius 2 is 1.77 bits per heavy atom. The molecule has 0 spiro atoms. The lowest BCUT2D eigenvalue weighted by Gasteiger charge is -2.10. The number of esters is 1. The van der Waals surface area contributed by atoms with Crippen LogP contribution < -0.4 is 0 Å². The van der Waals surface area contributed by atoms with E-state index in [-0.39, 0.29) is 18.8 Å². The summed E-state index contributed by atoms with van der Waals surface area (Å²) in [5, 5.41) is 3.03. The van der Waals surface area contributed by atoms with E-state index in [1.165, 1.54) is 0 Å². The summed E-state index contributed by atoms with van der Waals surface area (Å²) < 4.78 is 11.0. The molecular weight excluding hydrogens is 376 g/mol. The molecule has 3 aromatic carbocycles. The fourth-order valence-electron chi connectivity index (χ4n) is 3.85. The van der Waals surface area contributed by atoms with Gasteiger partial charge in [0.15, 0.2) is 6.61 Å². The van der Waals surface area contributed by atoms with Crippen molar-refractivity contribution in [3.05, 3.63) is 83.1 Å². The van der Waals surface area contributed by atoms with Gasteiger partial charge in [-0.1, -0.05) is 56.3 Å². The van der Waals surface area contributed by atoms with E-state index in [0.29, 0.717) is 5.56 Å². The van der Waals surface area contributed by atoms with Gasteiger partial charge in [0, 0.05) is 16.5 Å². The van der Waals surface area contributed by atoms with Gasteiger partial charge in [-0.25, -0.2) is 0 Å². The average molecular weight is 400 g/mol. The molecule has 30 heavy (non-hydrogen) atoms. The number of rotatable bonds is 7. The van der Waals surface area contributed by atoms with Crippen LogP contribution in [0.3, 0.4) is 0 Å². The molecule has 4 aromatic rings. The molecule has 0 bridgehead atoms. The van der Waals surface area contributed by atoms with Crippen LogP contribution in [0.4, 0.5) is 0 Å². The van der Waals surface area contributed by atoms with E-state index >= 15 is 0 Å². The highest BCUT2D eigenvalue weighted by Crippen LogP contribution is 2.30. The van der Waals surface area contributed by atoms with E-state index in [1.807, 2.05) is 68.4 Å². The molecule has 0 radical (unpaired) electrons. The van der Waals surface area contributed by atoms with Crippen LogP contribution in [0.2, 0.25) is 0 Å². The second-order valence-electron chi connectivity index (χ2n) is 7.38. The molecule has 152 valence electrons. The van der Waals surface area contributed by atoms with Gasteiger partial charge in [-0.3, -0.25) is 9.59 Å². The zero-order chi connectivity index (χ0) is 21.1. The van der Waals surface area contributed by atoms with Crippen molar-refractivity contribution in [1.82, 2.24) is 0 Å². The quantitative estimate of drug-likeness (QED) is 0.296. The lowest BCUT2D eigenvalue weighted by Crippen LogP contribution is -2.17. The first-order chi connectivity index (χ1) is 14.6. The molecule has 0 aliphatic rings. The van der Waals surface area contributed by atoms with Gasteiger partial charge in [0.1, 0.15) is 5.58 Å². The minimum absolute atomic E-state index is 0.0594. The summed E-state index contributed by atoms with van der Waals surface area (Å²) in [5.41, 5.74) is 4.21. The van der Waals surface area contributed by atoms with Crippen LogP contribution >= 0.6 is 0 Å². The number of carbonyl (C=O) groups excluding carboxylic acids is 2. The number of ether oxygens (including phenoxy) is 1. The maximum Gasteiger partial charge on any atom is 0.310 e. The summed E-state index contributed by atoms with van der Waals surface area (Å²) in [6.07, 6.45) is 3.27. The molecular formula is C26H24O4. The molecule has 0 saturated carbocycles. The van der Waals surface area contributed by atoms with Gasteiger partial charge in [-0.05, 0) is 46.9 Å². The van der Waals surface area contributed by atoms with Gasteiger partial charge in [-0.15, -0.1) is 0 Å². The maximum atomic E-state index is 12.7. The Bertz CT molecular complexity index is 1230. The topological polar surface area (TPSA) is 56.5 Å². The molecule has 0 saturated heterocycles. The summed E-state index contributed by atoms with van der Waals surface area (Å²) in [4.78, 5) is 25.2. The normalized spacial score (nSPS) is 11.1. The smallest absolute Gasteiger partial charge is 0.310 e. The zero-order valence-corrected chi connectivity index (χ0v) is 17.2. The van der Waals surface area contributed by atoms with Crippen molar-refractivity contribution in [3.8, 4) is 0 Å². The summed E-state index contributed by atoms with van der Waals surface area (Å²) in [6.45, 7) is 3.81. The van der Waals surface area contributed by atoms with E-state index in [1.54, 1.807) is 6.26 Å². The third kappa shape index (κ3) is 3.86. The van der Waals surface area contributed by atoms with Crippen molar-refractivity contribution in [3.63, 3.8) is 0 Å². The zero-order valence-electron chi connectivity index (χ0n) is 17.2. The standard InChI is InChI=1S/C26H24O4/c1-3-17-9-10-18(4-2)22(13-17)23(27)16-30-25(28)14-20-15-29-24-12-11-19-7-5-6-8-21(19)26(20)24/h5-13,15H,3-4,14,16H2,1-2H3. The van der Waals surface area contributed by atoms with Gasteiger partial charge in [0.05, 0.1) is 12.7 Å². The summed E-state index contributed by atoms with van der Waals surface area (Å²) in [5.74, 6) is -0.610. The van der Waals surface area contributed by atoms with E-state index in [2.05, 4.69) is 0 Å². The average Bonchev–Trinajstić information content (AvgIpc) is 3.20. The van der Waals surface area contributed by atoms with Crippen molar-refractivity contribution >= 4 is 33.5 Å². The molecule has 0 atom stereocenters. The summed E-state index contributed by atoms with van der Waals surface area (Å²) >= 11 is 0. The highest BCUT2D eigenvalue weighted by molar-refractivity contribution is 6.08. The highest BCUT2D eigenvalue weighted by atomic mass is 16.5. The van der Waals surface area contributed by atoms with Crippen molar-refractivity contribution in [1.29, 1.82) is 0 Å². The minimum Gasteiger partial charge on any atom is -0.464 e. The minimum atomic E-state index is -0.441. The van der Waals surface area contributed by atoms with Crippen LogP contribution in [-0.4, -0.2) is 18.4 Å². The van der Waals surface area contributed by atoms with Crippen molar-refractivity contribution in [2.24, 2.45) is 0 Å². The second-order valence-corrected chi connectivity index (χ2v) is 7.38. The molecule has 0 aliphatic carbocycles. The first kappa shape index (κ1) is 19.9. The predicted octanol–water partition coefficient (Wildman–Crippen LogP) is 5.68. The fraction of sp³-hybridized carbons (Fsp3) is 0.231. The molecule has 4 rings (SSSR count). The monoisotopic (exact) mass is 400 g/mol. The van der Waals surface area contributed by atoms with E-state index in [4.69, 9.17) is 9.15 Å². The van der Waals surface area contributed by atoms with Gasteiger partial charge in [0.25, 0.3) is 0 Å². The molecule has 4 heteroatoms. The van der Waals surface area contributed by atoms with Gasteiger partial charge in [-0.2, -0.15) is 0 Å². The number of benzene rings is 3. The van der Waals surface area contributed by atoms with Crippen molar-refractivity contribution in [2.45, 2.75) is 33.1 Å². The predicted molar refractivity (Wildman–Crippen MR) is 118 cm³/mol. The second kappa shape index (κ2) is 8.54. The molecule has 1 heterocycles. The lowest BCUT2D eigenvalue weighted by molar-refractivity contribution is -0.141. The molecule has 0 N–H and O–H groups in total. The number of fused-ring (bicyclic) bond motifs is 3. The molecule has 0 amide bonds. The number of hydrogen-bond acceptors (Lipinski definition) is 4. The highest BCUT2D eigenvalue weighted by Gasteiger charge is 2.17. The Balaban J connectivity index is 1.50. The van der Waals surface area contributed by atoms with E-state index in [9.17, 15) is 9.59 Å². The van der Waals surface area contributed by atoms with Crippen LogP contribution in [0.1, 0.15) is 40.9 Å². The van der Waals surface area contributed by atoms with Crippen LogP contribution in [0, 0.1) is 0 Å². The largest absolute Gasteiger partial charge is 0.464 e. The molecule has 0 aliphatic heterocycles. The van der Waals surface area contributed by atoms with Gasteiger partial charge >= 0.3 is 5.97 Å². The summed E-state index contributed by atoms with van der Waals surface area (Å²) in [7, 11) is 0.